The standard InChI is InChI=1S/C14H20N8O/c1-10-13(17-5-4-16-10)21-6-2-12(3-7-21)22-9-11(19-20-22)8-18-14(15)23/h4-5,9,12H,2-3,6-8H2,1H3,(H3,15,18,23). The van der Waals surface area contributed by atoms with Crippen molar-refractivity contribution in [2.75, 3.05) is 18.0 Å². The van der Waals surface area contributed by atoms with Gasteiger partial charge in [-0.3, -0.25) is 4.98 Å². The molecule has 0 bridgehead atoms. The molecule has 2 amide bonds. The Hall–Kier alpha value is -2.71. The zero-order valence-electron chi connectivity index (χ0n) is 13.0. The molecule has 2 aromatic rings. The highest BCUT2D eigenvalue weighted by atomic mass is 16.2. The predicted octanol–water partition coefficient (Wildman–Crippen LogP) is 0.386. The molecule has 0 saturated carbocycles. The zero-order chi connectivity index (χ0) is 16.2. The summed E-state index contributed by atoms with van der Waals surface area (Å²) in [5, 5.41) is 10.7. The van der Waals surface area contributed by atoms with E-state index in [1.807, 2.05) is 17.8 Å². The van der Waals surface area contributed by atoms with E-state index >= 15 is 0 Å². The molecule has 2 aromatic heterocycles. The van der Waals surface area contributed by atoms with Gasteiger partial charge in [-0.05, 0) is 19.8 Å². The molecule has 1 saturated heterocycles. The van der Waals surface area contributed by atoms with Gasteiger partial charge in [0.05, 0.1) is 24.5 Å². The lowest BCUT2D eigenvalue weighted by Crippen LogP contribution is -2.36. The molecule has 0 aromatic carbocycles. The minimum Gasteiger partial charge on any atom is -0.355 e. The number of anilines is 1. The Kier molecular flexibility index (Phi) is 4.35. The Morgan fingerprint density at radius 1 is 1.35 bits per heavy atom. The summed E-state index contributed by atoms with van der Waals surface area (Å²) >= 11 is 0. The van der Waals surface area contributed by atoms with Crippen LogP contribution in [0.3, 0.4) is 0 Å². The molecule has 0 atom stereocenters. The minimum absolute atomic E-state index is 0.299. The first-order valence-electron chi connectivity index (χ1n) is 7.60. The van der Waals surface area contributed by atoms with Crippen molar-refractivity contribution in [3.63, 3.8) is 0 Å². The number of nitrogens with one attached hydrogen (secondary N) is 1. The number of nitrogens with zero attached hydrogens (tertiary/aromatic N) is 6. The Labute approximate surface area is 133 Å². The van der Waals surface area contributed by atoms with Gasteiger partial charge in [0.2, 0.25) is 0 Å². The van der Waals surface area contributed by atoms with Crippen LogP contribution in [0.15, 0.2) is 18.6 Å². The van der Waals surface area contributed by atoms with Crippen LogP contribution in [0.5, 0.6) is 0 Å². The molecule has 9 heteroatoms. The molecule has 0 aliphatic carbocycles. The van der Waals surface area contributed by atoms with E-state index in [0.717, 1.165) is 37.4 Å². The average molecular weight is 316 g/mol. The minimum atomic E-state index is -0.563. The Bertz CT molecular complexity index is 677. The number of aryl methyl sites for hydroxylation is 1. The van der Waals surface area contributed by atoms with E-state index in [4.69, 9.17) is 5.73 Å². The van der Waals surface area contributed by atoms with Gasteiger partial charge in [-0.25, -0.2) is 14.5 Å². The molecule has 122 valence electrons. The highest BCUT2D eigenvalue weighted by Crippen LogP contribution is 2.25. The monoisotopic (exact) mass is 316 g/mol. The van der Waals surface area contributed by atoms with Crippen molar-refractivity contribution in [2.24, 2.45) is 5.73 Å². The fraction of sp³-hybridized carbons (Fsp3) is 0.500. The Morgan fingerprint density at radius 2 is 2.09 bits per heavy atom. The van der Waals surface area contributed by atoms with Crippen LogP contribution in [0.2, 0.25) is 0 Å². The summed E-state index contributed by atoms with van der Waals surface area (Å²) in [6.45, 7) is 4.08. The normalized spacial score (nSPS) is 15.6. The van der Waals surface area contributed by atoms with Crippen LogP contribution in [-0.2, 0) is 6.54 Å². The molecule has 0 radical (unpaired) electrons. The number of hydrogen-bond acceptors (Lipinski definition) is 6. The van der Waals surface area contributed by atoms with Crippen LogP contribution >= 0.6 is 0 Å². The SMILES string of the molecule is Cc1nccnc1N1CCC(n2cc(CNC(N)=O)nn2)CC1. The summed E-state index contributed by atoms with van der Waals surface area (Å²) in [4.78, 5) is 21.7. The van der Waals surface area contributed by atoms with Gasteiger partial charge >= 0.3 is 6.03 Å². The first-order valence-corrected chi connectivity index (χ1v) is 7.60. The van der Waals surface area contributed by atoms with Crippen LogP contribution in [0, 0.1) is 6.92 Å². The fourth-order valence-corrected chi connectivity index (χ4v) is 2.80. The molecule has 0 unspecified atom stereocenters. The van der Waals surface area contributed by atoms with Crippen molar-refractivity contribution in [3.05, 3.63) is 30.0 Å². The van der Waals surface area contributed by atoms with Crippen molar-refractivity contribution in [3.8, 4) is 0 Å². The summed E-state index contributed by atoms with van der Waals surface area (Å²) in [6, 6.07) is -0.259. The smallest absolute Gasteiger partial charge is 0.312 e. The highest BCUT2D eigenvalue weighted by molar-refractivity contribution is 5.71. The number of hydrogen-bond donors (Lipinski definition) is 2. The second kappa shape index (κ2) is 6.59. The number of primary amides is 1. The third kappa shape index (κ3) is 3.55. The summed E-state index contributed by atoms with van der Waals surface area (Å²) in [5.74, 6) is 0.955. The first-order chi connectivity index (χ1) is 11.1. The maximum atomic E-state index is 10.7. The largest absolute Gasteiger partial charge is 0.355 e. The van der Waals surface area contributed by atoms with Crippen molar-refractivity contribution in [1.82, 2.24) is 30.3 Å². The van der Waals surface area contributed by atoms with E-state index in [2.05, 4.69) is 30.5 Å². The first kappa shape index (κ1) is 15.2. The van der Waals surface area contributed by atoms with E-state index in [0.29, 0.717) is 18.3 Å². The van der Waals surface area contributed by atoms with Gasteiger partial charge in [0.1, 0.15) is 11.5 Å². The molecule has 9 nitrogen and oxygen atoms in total. The van der Waals surface area contributed by atoms with Crippen LogP contribution < -0.4 is 16.0 Å². The van der Waals surface area contributed by atoms with Crippen LogP contribution in [0.25, 0.3) is 0 Å². The number of aromatic nitrogens is 5. The van der Waals surface area contributed by atoms with E-state index in [-0.39, 0.29) is 0 Å². The lowest BCUT2D eigenvalue weighted by molar-refractivity contribution is 0.248. The molecule has 1 fully saturated rings. The van der Waals surface area contributed by atoms with Crippen LogP contribution in [0.1, 0.15) is 30.3 Å². The second-order valence-electron chi connectivity index (χ2n) is 5.59. The number of carbonyl (C=O) groups excluding carboxylic acids is 1. The zero-order valence-corrected chi connectivity index (χ0v) is 13.0. The van der Waals surface area contributed by atoms with Gasteiger partial charge in [-0.1, -0.05) is 5.21 Å². The number of amides is 2. The molecule has 23 heavy (non-hydrogen) atoms. The molecule has 1 aliphatic rings. The number of rotatable bonds is 4. The molecule has 3 heterocycles. The maximum absolute atomic E-state index is 10.7. The second-order valence-corrected chi connectivity index (χ2v) is 5.59. The topological polar surface area (TPSA) is 115 Å². The average Bonchev–Trinajstić information content (AvgIpc) is 3.03. The van der Waals surface area contributed by atoms with E-state index in [1.54, 1.807) is 12.4 Å². The van der Waals surface area contributed by atoms with Gasteiger partial charge in [-0.2, -0.15) is 0 Å². The number of urea groups is 1. The molecular weight excluding hydrogens is 296 g/mol. The number of nitrogens with two attached hydrogens (primary N) is 1. The number of carbonyl (C=O) groups is 1. The van der Waals surface area contributed by atoms with Crippen molar-refractivity contribution < 1.29 is 4.79 Å². The van der Waals surface area contributed by atoms with E-state index in [9.17, 15) is 4.79 Å². The Balaban J connectivity index is 1.59. The van der Waals surface area contributed by atoms with Crippen LogP contribution in [-0.4, -0.2) is 44.1 Å². The predicted molar refractivity (Wildman–Crippen MR) is 83.7 cm³/mol. The highest BCUT2D eigenvalue weighted by Gasteiger charge is 2.23. The van der Waals surface area contributed by atoms with Crippen molar-refractivity contribution in [1.29, 1.82) is 0 Å². The number of piperidine rings is 1. The lowest BCUT2D eigenvalue weighted by atomic mass is 10.1. The summed E-state index contributed by atoms with van der Waals surface area (Å²) in [6.07, 6.45) is 7.22. The van der Waals surface area contributed by atoms with E-state index in [1.165, 1.54) is 0 Å². The van der Waals surface area contributed by atoms with E-state index < -0.39 is 6.03 Å². The molecular formula is C14H20N8O. The molecule has 3 N–H and O–H groups in total. The quantitative estimate of drug-likeness (QED) is 0.843. The third-order valence-electron chi connectivity index (χ3n) is 3.99. The van der Waals surface area contributed by atoms with Gasteiger partial charge in [-0.15, -0.1) is 5.10 Å². The fourth-order valence-electron chi connectivity index (χ4n) is 2.80. The summed E-state index contributed by atoms with van der Waals surface area (Å²) in [7, 11) is 0. The summed E-state index contributed by atoms with van der Waals surface area (Å²) < 4.78 is 1.87. The van der Waals surface area contributed by atoms with Gasteiger partial charge in [0.15, 0.2) is 0 Å². The Morgan fingerprint density at radius 3 is 2.78 bits per heavy atom. The van der Waals surface area contributed by atoms with Gasteiger partial charge < -0.3 is 16.0 Å². The van der Waals surface area contributed by atoms with Crippen LogP contribution in [0.4, 0.5) is 10.6 Å². The van der Waals surface area contributed by atoms with Gasteiger partial charge in [0.25, 0.3) is 0 Å². The molecule has 0 spiro atoms. The van der Waals surface area contributed by atoms with Crippen molar-refractivity contribution >= 4 is 11.8 Å². The summed E-state index contributed by atoms with van der Waals surface area (Å²) in [5.41, 5.74) is 6.71. The molecule has 3 rings (SSSR count). The van der Waals surface area contributed by atoms with Crippen molar-refractivity contribution in [2.45, 2.75) is 32.4 Å². The maximum Gasteiger partial charge on any atom is 0.312 e. The third-order valence-corrected chi connectivity index (χ3v) is 3.99. The lowest BCUT2D eigenvalue weighted by Gasteiger charge is -2.33. The van der Waals surface area contributed by atoms with Gasteiger partial charge in [0, 0.05) is 25.5 Å². The molecule has 1 aliphatic heterocycles.